The zero-order chi connectivity index (χ0) is 10.6. The minimum Gasteiger partial charge on any atom is -0.358 e. The van der Waals surface area contributed by atoms with E-state index >= 15 is 0 Å². The Balaban J connectivity index is 2.71. The largest absolute Gasteiger partial charge is 0.358 e. The van der Waals surface area contributed by atoms with E-state index in [0.717, 1.165) is 12.6 Å². The van der Waals surface area contributed by atoms with Crippen LogP contribution in [-0.4, -0.2) is 20.3 Å². The van der Waals surface area contributed by atoms with Crippen molar-refractivity contribution >= 4 is 11.6 Å². The van der Waals surface area contributed by atoms with Crippen molar-refractivity contribution in [2.75, 3.05) is 0 Å². The summed E-state index contributed by atoms with van der Waals surface area (Å²) in [7, 11) is 0. The molecule has 0 radical (unpaired) electrons. The van der Waals surface area contributed by atoms with E-state index in [2.05, 4.69) is 4.98 Å². The molecule has 0 fully saturated rings. The average Bonchev–Trinajstić information content (AvgIpc) is 2.52. The minimum atomic E-state index is -0.549. The summed E-state index contributed by atoms with van der Waals surface area (Å²) in [5, 5.41) is 10.5. The summed E-state index contributed by atoms with van der Waals surface area (Å²) in [6.45, 7) is 1.92. The second-order valence-electron chi connectivity index (χ2n) is 2.93. The molecule has 0 aliphatic heterocycles. The number of rotatable bonds is 5. The lowest BCUT2D eigenvalue weighted by Gasteiger charge is -1.98. The predicted molar refractivity (Wildman–Crippen MR) is 48.8 cm³/mol. The van der Waals surface area contributed by atoms with E-state index in [-0.39, 0.29) is 18.1 Å². The number of Topliss-reactive ketones (excluding diaryl/α,β-unsaturated/α-hetero) is 1. The number of hydrogen-bond donors (Lipinski definition) is 0. The van der Waals surface area contributed by atoms with E-state index in [1.165, 1.54) is 10.9 Å². The van der Waals surface area contributed by atoms with Crippen LogP contribution >= 0.6 is 0 Å². The van der Waals surface area contributed by atoms with Gasteiger partial charge in [0.1, 0.15) is 6.20 Å². The molecule has 76 valence electrons. The Labute approximate surface area is 80.7 Å². The number of imidazole rings is 1. The molecule has 14 heavy (non-hydrogen) atoms. The molecule has 0 unspecified atom stereocenters. The molecule has 0 saturated heterocycles. The fourth-order valence-corrected chi connectivity index (χ4v) is 1.14. The summed E-state index contributed by atoms with van der Waals surface area (Å²) in [5.41, 5.74) is 0. The first-order valence-electron chi connectivity index (χ1n) is 4.31. The molecule has 0 N–H and O–H groups in total. The van der Waals surface area contributed by atoms with Crippen molar-refractivity contribution in [3.63, 3.8) is 0 Å². The van der Waals surface area contributed by atoms with Crippen molar-refractivity contribution < 1.29 is 9.72 Å². The highest BCUT2D eigenvalue weighted by atomic mass is 16.6. The maximum atomic E-state index is 11.2. The van der Waals surface area contributed by atoms with E-state index in [1.807, 2.05) is 6.92 Å². The molecule has 0 bridgehead atoms. The second-order valence-corrected chi connectivity index (χ2v) is 2.93. The molecule has 0 amide bonds. The van der Waals surface area contributed by atoms with Crippen molar-refractivity contribution in [2.24, 2.45) is 0 Å². The van der Waals surface area contributed by atoms with Gasteiger partial charge in [-0.15, -0.1) is 0 Å². The van der Waals surface area contributed by atoms with Gasteiger partial charge < -0.3 is 10.1 Å². The molecular formula is C8H11N3O3. The van der Waals surface area contributed by atoms with Crippen LogP contribution in [0.3, 0.4) is 0 Å². The first-order valence-corrected chi connectivity index (χ1v) is 4.31. The molecule has 1 aromatic rings. The standard InChI is InChI=1S/C8H11N3O3/c1-2-3-7(12)5-10-6-9-4-8(10)11(13)14/h4,6H,2-3,5H2,1H3. The Bertz CT molecular complexity index is 345. The summed E-state index contributed by atoms with van der Waals surface area (Å²) >= 11 is 0. The van der Waals surface area contributed by atoms with Gasteiger partial charge in [-0.25, -0.2) is 9.55 Å². The lowest BCUT2D eigenvalue weighted by atomic mass is 10.2. The SMILES string of the molecule is CCCC(=O)Cn1cncc1[N+](=O)[O-]. The molecule has 0 saturated carbocycles. The van der Waals surface area contributed by atoms with Crippen LogP contribution in [0, 0.1) is 10.1 Å². The molecule has 6 nitrogen and oxygen atoms in total. The van der Waals surface area contributed by atoms with Gasteiger partial charge >= 0.3 is 5.82 Å². The molecule has 6 heteroatoms. The first-order chi connectivity index (χ1) is 6.65. The monoisotopic (exact) mass is 197 g/mol. The summed E-state index contributed by atoms with van der Waals surface area (Å²) in [4.78, 5) is 24.7. The van der Waals surface area contributed by atoms with Crippen LogP contribution in [0.25, 0.3) is 0 Å². The zero-order valence-electron chi connectivity index (χ0n) is 7.84. The van der Waals surface area contributed by atoms with Gasteiger partial charge in [0.05, 0.1) is 0 Å². The summed E-state index contributed by atoms with van der Waals surface area (Å²) < 4.78 is 1.25. The highest BCUT2D eigenvalue weighted by Gasteiger charge is 2.15. The highest BCUT2D eigenvalue weighted by Crippen LogP contribution is 2.09. The van der Waals surface area contributed by atoms with E-state index in [1.54, 1.807) is 0 Å². The molecule has 0 aliphatic rings. The van der Waals surface area contributed by atoms with Crippen molar-refractivity contribution in [1.82, 2.24) is 9.55 Å². The lowest BCUT2D eigenvalue weighted by molar-refractivity contribution is -0.392. The molecule has 1 heterocycles. The first kappa shape index (κ1) is 10.4. The predicted octanol–water partition coefficient (Wildman–Crippen LogP) is 1.16. The number of carbonyl (C=O) groups is 1. The lowest BCUT2D eigenvalue weighted by Crippen LogP contribution is -2.10. The third-order valence-corrected chi connectivity index (χ3v) is 1.75. The third-order valence-electron chi connectivity index (χ3n) is 1.75. The molecular weight excluding hydrogens is 186 g/mol. The van der Waals surface area contributed by atoms with Crippen LogP contribution in [-0.2, 0) is 11.3 Å². The van der Waals surface area contributed by atoms with Crippen LogP contribution in [0.15, 0.2) is 12.5 Å². The Morgan fingerprint density at radius 3 is 3.00 bits per heavy atom. The maximum absolute atomic E-state index is 11.2. The quantitative estimate of drug-likeness (QED) is 0.524. The van der Waals surface area contributed by atoms with Crippen molar-refractivity contribution in [2.45, 2.75) is 26.3 Å². The van der Waals surface area contributed by atoms with Gasteiger partial charge in [0, 0.05) is 6.42 Å². The number of ketones is 1. The molecule has 0 atom stereocenters. The van der Waals surface area contributed by atoms with Gasteiger partial charge in [-0.3, -0.25) is 4.79 Å². The topological polar surface area (TPSA) is 78.0 Å². The Hall–Kier alpha value is -1.72. The zero-order valence-corrected chi connectivity index (χ0v) is 7.84. The number of hydrogen-bond acceptors (Lipinski definition) is 4. The number of nitrogens with zero attached hydrogens (tertiary/aromatic N) is 3. The summed E-state index contributed by atoms with van der Waals surface area (Å²) in [5.74, 6) is -0.164. The second kappa shape index (κ2) is 4.50. The van der Waals surface area contributed by atoms with E-state index in [0.29, 0.717) is 6.42 Å². The Morgan fingerprint density at radius 1 is 1.71 bits per heavy atom. The molecule has 0 spiro atoms. The van der Waals surface area contributed by atoms with Gasteiger partial charge in [0.15, 0.2) is 18.7 Å². The van der Waals surface area contributed by atoms with E-state index in [4.69, 9.17) is 0 Å². The Morgan fingerprint density at radius 2 is 2.43 bits per heavy atom. The van der Waals surface area contributed by atoms with Crippen LogP contribution in [0.2, 0.25) is 0 Å². The maximum Gasteiger partial charge on any atom is 0.343 e. The van der Waals surface area contributed by atoms with Gasteiger partial charge in [0.25, 0.3) is 0 Å². The normalized spacial score (nSPS) is 10.1. The van der Waals surface area contributed by atoms with Crippen molar-refractivity contribution in [3.8, 4) is 0 Å². The van der Waals surface area contributed by atoms with Crippen LogP contribution in [0.5, 0.6) is 0 Å². The van der Waals surface area contributed by atoms with Gasteiger partial charge in [-0.05, 0) is 11.3 Å². The fourth-order valence-electron chi connectivity index (χ4n) is 1.14. The molecule has 0 aromatic carbocycles. The third kappa shape index (κ3) is 2.38. The molecule has 0 aliphatic carbocycles. The Kier molecular flexibility index (Phi) is 3.33. The molecule has 1 aromatic heterocycles. The molecule has 1 rings (SSSR count). The average molecular weight is 197 g/mol. The summed E-state index contributed by atoms with van der Waals surface area (Å²) in [6, 6.07) is 0. The van der Waals surface area contributed by atoms with Crippen molar-refractivity contribution in [1.29, 1.82) is 0 Å². The van der Waals surface area contributed by atoms with Gasteiger partial charge in [-0.2, -0.15) is 0 Å². The highest BCUT2D eigenvalue weighted by molar-refractivity contribution is 5.78. The number of nitro groups is 1. The van der Waals surface area contributed by atoms with Gasteiger partial charge in [0.2, 0.25) is 0 Å². The fraction of sp³-hybridized carbons (Fsp3) is 0.500. The van der Waals surface area contributed by atoms with E-state index < -0.39 is 4.92 Å². The van der Waals surface area contributed by atoms with Gasteiger partial charge in [-0.1, -0.05) is 6.92 Å². The van der Waals surface area contributed by atoms with Crippen LogP contribution < -0.4 is 0 Å². The number of carbonyl (C=O) groups excluding carboxylic acids is 1. The minimum absolute atomic E-state index is 0.0198. The summed E-state index contributed by atoms with van der Waals surface area (Å²) in [6.07, 6.45) is 3.63. The van der Waals surface area contributed by atoms with Crippen LogP contribution in [0.4, 0.5) is 5.82 Å². The number of aromatic nitrogens is 2. The van der Waals surface area contributed by atoms with E-state index in [9.17, 15) is 14.9 Å². The van der Waals surface area contributed by atoms with Crippen molar-refractivity contribution in [3.05, 3.63) is 22.6 Å². The van der Waals surface area contributed by atoms with Crippen LogP contribution in [0.1, 0.15) is 19.8 Å². The smallest absolute Gasteiger partial charge is 0.343 e.